The van der Waals surface area contributed by atoms with Crippen LogP contribution in [0.5, 0.6) is 0 Å². The molecule has 0 amide bonds. The Morgan fingerprint density at radius 1 is 1.27 bits per heavy atom. The summed E-state index contributed by atoms with van der Waals surface area (Å²) in [7, 11) is 0. The van der Waals surface area contributed by atoms with Crippen molar-refractivity contribution in [2.45, 2.75) is 26.2 Å². The van der Waals surface area contributed by atoms with E-state index in [9.17, 15) is 0 Å². The Labute approximate surface area is 98.7 Å². The standard InChI is InChI=1S/C13H14BrN/c1-2-3-6-10-9-13(14)15-12-8-5-4-7-11(10)12/h4-5,7-9H,2-3,6H2,1H3. The summed E-state index contributed by atoms with van der Waals surface area (Å²) in [4.78, 5) is 4.46. The van der Waals surface area contributed by atoms with Crippen molar-refractivity contribution in [1.82, 2.24) is 4.98 Å². The number of nitrogens with zero attached hydrogens (tertiary/aromatic N) is 1. The average molecular weight is 264 g/mol. The zero-order valence-corrected chi connectivity index (χ0v) is 10.4. The van der Waals surface area contributed by atoms with E-state index >= 15 is 0 Å². The zero-order chi connectivity index (χ0) is 10.7. The second-order valence-corrected chi connectivity index (χ2v) is 4.54. The van der Waals surface area contributed by atoms with Crippen LogP contribution in [0.2, 0.25) is 0 Å². The number of hydrogen-bond donors (Lipinski definition) is 0. The molecule has 1 heterocycles. The highest BCUT2D eigenvalue weighted by atomic mass is 79.9. The zero-order valence-electron chi connectivity index (χ0n) is 8.83. The van der Waals surface area contributed by atoms with E-state index in [2.05, 4.69) is 52.1 Å². The summed E-state index contributed by atoms with van der Waals surface area (Å²) >= 11 is 3.46. The third kappa shape index (κ3) is 2.37. The molecule has 0 N–H and O–H groups in total. The maximum absolute atomic E-state index is 4.46. The second kappa shape index (κ2) is 4.75. The van der Waals surface area contributed by atoms with Crippen LogP contribution in [0.1, 0.15) is 25.3 Å². The monoisotopic (exact) mass is 263 g/mol. The van der Waals surface area contributed by atoms with Crippen LogP contribution < -0.4 is 0 Å². The highest BCUT2D eigenvalue weighted by Crippen LogP contribution is 2.22. The van der Waals surface area contributed by atoms with Crippen molar-refractivity contribution in [3.8, 4) is 0 Å². The van der Waals surface area contributed by atoms with Crippen molar-refractivity contribution >= 4 is 26.8 Å². The van der Waals surface area contributed by atoms with Gasteiger partial charge >= 0.3 is 0 Å². The van der Waals surface area contributed by atoms with E-state index in [0.717, 1.165) is 16.5 Å². The van der Waals surface area contributed by atoms with Gasteiger partial charge in [-0.15, -0.1) is 0 Å². The molecule has 0 saturated heterocycles. The summed E-state index contributed by atoms with van der Waals surface area (Å²) in [5.41, 5.74) is 2.48. The third-order valence-corrected chi connectivity index (χ3v) is 2.98. The lowest BCUT2D eigenvalue weighted by atomic mass is 10.0. The van der Waals surface area contributed by atoms with Gasteiger partial charge in [-0.2, -0.15) is 0 Å². The van der Waals surface area contributed by atoms with Crippen molar-refractivity contribution in [2.75, 3.05) is 0 Å². The molecule has 0 saturated carbocycles. The molecule has 1 nitrogen and oxygen atoms in total. The molecule has 0 spiro atoms. The fourth-order valence-corrected chi connectivity index (χ4v) is 2.25. The number of aryl methyl sites for hydroxylation is 1. The number of halogens is 1. The molecule has 0 unspecified atom stereocenters. The maximum atomic E-state index is 4.46. The van der Waals surface area contributed by atoms with Gasteiger partial charge in [0.15, 0.2) is 0 Å². The SMILES string of the molecule is CCCCc1cc(Br)nc2ccccc12. The van der Waals surface area contributed by atoms with Crippen LogP contribution in [0.25, 0.3) is 10.9 Å². The highest BCUT2D eigenvalue weighted by Gasteiger charge is 2.03. The summed E-state index contributed by atoms with van der Waals surface area (Å²) in [6.07, 6.45) is 3.60. The summed E-state index contributed by atoms with van der Waals surface area (Å²) in [5.74, 6) is 0. The van der Waals surface area contributed by atoms with Gasteiger partial charge in [0, 0.05) is 5.39 Å². The molecule has 0 aliphatic heterocycles. The quantitative estimate of drug-likeness (QED) is 0.751. The van der Waals surface area contributed by atoms with E-state index < -0.39 is 0 Å². The normalized spacial score (nSPS) is 10.8. The van der Waals surface area contributed by atoms with Crippen molar-refractivity contribution in [3.05, 3.63) is 40.5 Å². The third-order valence-electron chi connectivity index (χ3n) is 2.57. The fraction of sp³-hybridized carbons (Fsp3) is 0.308. The van der Waals surface area contributed by atoms with Crippen LogP contribution in [0.15, 0.2) is 34.9 Å². The molecule has 2 aromatic rings. The summed E-state index contributed by atoms with van der Waals surface area (Å²) < 4.78 is 0.937. The molecular formula is C13H14BrN. The molecule has 1 aromatic carbocycles. The smallest absolute Gasteiger partial charge is 0.107 e. The predicted octanol–water partition coefficient (Wildman–Crippen LogP) is 4.34. The number of unbranched alkanes of at least 4 members (excludes halogenated alkanes) is 1. The Morgan fingerprint density at radius 2 is 2.07 bits per heavy atom. The topological polar surface area (TPSA) is 12.9 Å². The predicted molar refractivity (Wildman–Crippen MR) is 68.1 cm³/mol. The summed E-state index contributed by atoms with van der Waals surface area (Å²) in [5, 5.41) is 1.29. The molecule has 0 bridgehead atoms. The maximum Gasteiger partial charge on any atom is 0.107 e. The largest absolute Gasteiger partial charge is 0.241 e. The lowest BCUT2D eigenvalue weighted by Gasteiger charge is -2.06. The number of rotatable bonds is 3. The van der Waals surface area contributed by atoms with Crippen LogP contribution in [-0.2, 0) is 6.42 Å². The van der Waals surface area contributed by atoms with E-state index in [4.69, 9.17) is 0 Å². The van der Waals surface area contributed by atoms with Gasteiger partial charge in [0.1, 0.15) is 4.60 Å². The summed E-state index contributed by atoms with van der Waals surface area (Å²) in [6, 6.07) is 10.5. The van der Waals surface area contributed by atoms with Crippen LogP contribution in [0.4, 0.5) is 0 Å². The van der Waals surface area contributed by atoms with Crippen LogP contribution in [-0.4, -0.2) is 4.98 Å². The molecule has 2 rings (SSSR count). The van der Waals surface area contributed by atoms with E-state index in [0.29, 0.717) is 0 Å². The molecule has 78 valence electrons. The molecule has 0 atom stereocenters. The molecule has 0 fully saturated rings. The first-order valence-electron chi connectivity index (χ1n) is 5.35. The highest BCUT2D eigenvalue weighted by molar-refractivity contribution is 9.10. The van der Waals surface area contributed by atoms with Gasteiger partial charge in [0.05, 0.1) is 5.52 Å². The Morgan fingerprint density at radius 3 is 2.87 bits per heavy atom. The number of para-hydroxylation sites is 1. The van der Waals surface area contributed by atoms with Crippen LogP contribution in [0, 0.1) is 0 Å². The lowest BCUT2D eigenvalue weighted by Crippen LogP contribution is -1.90. The minimum absolute atomic E-state index is 0.937. The van der Waals surface area contributed by atoms with Gasteiger partial charge in [-0.25, -0.2) is 4.98 Å². The minimum atomic E-state index is 0.937. The van der Waals surface area contributed by atoms with Gasteiger partial charge in [0.25, 0.3) is 0 Å². The van der Waals surface area contributed by atoms with Gasteiger partial charge in [-0.05, 0) is 46.5 Å². The molecule has 0 aliphatic carbocycles. The second-order valence-electron chi connectivity index (χ2n) is 3.72. The minimum Gasteiger partial charge on any atom is -0.241 e. The number of aromatic nitrogens is 1. The van der Waals surface area contributed by atoms with E-state index in [1.807, 2.05) is 6.07 Å². The Balaban J connectivity index is 2.50. The first-order chi connectivity index (χ1) is 7.31. The molecule has 0 aliphatic rings. The number of hydrogen-bond acceptors (Lipinski definition) is 1. The van der Waals surface area contributed by atoms with Gasteiger partial charge in [-0.1, -0.05) is 31.5 Å². The van der Waals surface area contributed by atoms with Crippen molar-refractivity contribution in [3.63, 3.8) is 0 Å². The fourth-order valence-electron chi connectivity index (χ4n) is 1.79. The van der Waals surface area contributed by atoms with Crippen LogP contribution in [0.3, 0.4) is 0 Å². The molecule has 15 heavy (non-hydrogen) atoms. The molecule has 1 aromatic heterocycles. The molecular weight excluding hydrogens is 250 g/mol. The van der Waals surface area contributed by atoms with E-state index in [-0.39, 0.29) is 0 Å². The van der Waals surface area contributed by atoms with E-state index in [1.54, 1.807) is 0 Å². The van der Waals surface area contributed by atoms with Gasteiger partial charge < -0.3 is 0 Å². The van der Waals surface area contributed by atoms with E-state index in [1.165, 1.54) is 23.8 Å². The van der Waals surface area contributed by atoms with Crippen molar-refractivity contribution in [1.29, 1.82) is 0 Å². The Hall–Kier alpha value is -0.890. The average Bonchev–Trinajstić information content (AvgIpc) is 2.25. The number of fused-ring (bicyclic) bond motifs is 1. The van der Waals surface area contributed by atoms with Crippen molar-refractivity contribution < 1.29 is 0 Å². The molecule has 2 heteroatoms. The van der Waals surface area contributed by atoms with Crippen LogP contribution >= 0.6 is 15.9 Å². The Bertz CT molecular complexity index is 465. The van der Waals surface area contributed by atoms with Crippen molar-refractivity contribution in [2.24, 2.45) is 0 Å². The first kappa shape index (κ1) is 10.6. The number of benzene rings is 1. The Kier molecular flexibility index (Phi) is 3.37. The first-order valence-corrected chi connectivity index (χ1v) is 6.14. The van der Waals surface area contributed by atoms with Gasteiger partial charge in [0.2, 0.25) is 0 Å². The van der Waals surface area contributed by atoms with Gasteiger partial charge in [-0.3, -0.25) is 0 Å². The summed E-state index contributed by atoms with van der Waals surface area (Å²) in [6.45, 7) is 2.22. The molecule has 0 radical (unpaired) electrons. The lowest BCUT2D eigenvalue weighted by molar-refractivity contribution is 0.798. The number of pyridine rings is 1.